The van der Waals surface area contributed by atoms with Crippen molar-refractivity contribution in [3.8, 4) is 11.1 Å². The summed E-state index contributed by atoms with van der Waals surface area (Å²) in [5, 5.41) is 9.24. The Morgan fingerprint density at radius 1 is 1.04 bits per heavy atom. The van der Waals surface area contributed by atoms with E-state index in [1.54, 1.807) is 0 Å². The number of benzene rings is 2. The lowest BCUT2D eigenvalue weighted by molar-refractivity contribution is -0.143. The molecule has 0 bridgehead atoms. The fourth-order valence-electron chi connectivity index (χ4n) is 4.15. The van der Waals surface area contributed by atoms with Crippen LogP contribution in [0.25, 0.3) is 11.1 Å². The number of carbonyl (C=O) groups excluding carboxylic acids is 1. The van der Waals surface area contributed by atoms with E-state index in [0.717, 1.165) is 11.1 Å². The molecule has 0 radical (unpaired) electrons. The molecule has 1 aliphatic heterocycles. The van der Waals surface area contributed by atoms with E-state index in [4.69, 9.17) is 10.5 Å². The molecule has 2 atom stereocenters. The van der Waals surface area contributed by atoms with E-state index in [1.165, 1.54) is 16.0 Å². The molecule has 0 aromatic heterocycles. The van der Waals surface area contributed by atoms with Crippen molar-refractivity contribution in [1.29, 1.82) is 0 Å². The third-order valence-corrected chi connectivity index (χ3v) is 5.43. The number of carbonyl (C=O) groups is 2. The molecule has 1 aliphatic carbocycles. The molecule has 4 rings (SSSR count). The normalized spacial score (nSPS) is 21.4. The highest BCUT2D eigenvalue weighted by molar-refractivity contribution is 5.79. The summed E-state index contributed by atoms with van der Waals surface area (Å²) in [6, 6.07) is 15.9. The highest BCUT2D eigenvalue weighted by atomic mass is 16.6. The first-order valence-electron chi connectivity index (χ1n) is 9.13. The van der Waals surface area contributed by atoms with Crippen LogP contribution in [0.2, 0.25) is 0 Å². The summed E-state index contributed by atoms with van der Waals surface area (Å²) >= 11 is 0. The van der Waals surface area contributed by atoms with Crippen LogP contribution in [0, 0.1) is 5.92 Å². The largest absolute Gasteiger partial charge is 0.481 e. The lowest BCUT2D eigenvalue weighted by atomic mass is 9.95. The monoisotopic (exact) mass is 366 g/mol. The number of carboxylic acid groups (broad SMARTS) is 1. The van der Waals surface area contributed by atoms with Crippen LogP contribution in [0.5, 0.6) is 0 Å². The van der Waals surface area contributed by atoms with Crippen LogP contribution in [-0.4, -0.2) is 47.8 Å². The van der Waals surface area contributed by atoms with Gasteiger partial charge in [0.1, 0.15) is 6.61 Å². The molecule has 1 saturated heterocycles. The Balaban J connectivity index is 1.49. The number of hydrogen-bond acceptors (Lipinski definition) is 4. The average Bonchev–Trinajstić information content (AvgIpc) is 2.99. The zero-order valence-corrected chi connectivity index (χ0v) is 14.9. The minimum absolute atomic E-state index is 0.0184. The van der Waals surface area contributed by atoms with Crippen LogP contribution < -0.4 is 5.73 Å². The van der Waals surface area contributed by atoms with E-state index in [9.17, 15) is 14.7 Å². The molecule has 1 fully saturated rings. The van der Waals surface area contributed by atoms with E-state index in [-0.39, 0.29) is 25.1 Å². The third kappa shape index (κ3) is 3.28. The molecule has 0 spiro atoms. The minimum Gasteiger partial charge on any atom is -0.481 e. The van der Waals surface area contributed by atoms with Crippen molar-refractivity contribution in [2.75, 3.05) is 19.7 Å². The number of fused-ring (bicyclic) bond motifs is 3. The molecule has 6 heteroatoms. The molecule has 2 unspecified atom stereocenters. The Morgan fingerprint density at radius 3 is 2.22 bits per heavy atom. The first kappa shape index (κ1) is 17.5. The van der Waals surface area contributed by atoms with Gasteiger partial charge in [0.15, 0.2) is 0 Å². The van der Waals surface area contributed by atoms with Gasteiger partial charge in [0.2, 0.25) is 0 Å². The zero-order chi connectivity index (χ0) is 19.0. The number of aliphatic carboxylic acids is 1. The number of ether oxygens (including phenoxy) is 1. The summed E-state index contributed by atoms with van der Waals surface area (Å²) in [6.45, 7) is 0.677. The molecule has 140 valence electrons. The van der Waals surface area contributed by atoms with Crippen molar-refractivity contribution >= 4 is 12.1 Å². The van der Waals surface area contributed by atoms with Gasteiger partial charge in [0.05, 0.1) is 5.92 Å². The molecule has 2 aromatic rings. The Labute approximate surface area is 157 Å². The van der Waals surface area contributed by atoms with E-state index in [0.29, 0.717) is 13.0 Å². The van der Waals surface area contributed by atoms with Crippen LogP contribution in [-0.2, 0) is 9.53 Å². The van der Waals surface area contributed by atoms with E-state index >= 15 is 0 Å². The summed E-state index contributed by atoms with van der Waals surface area (Å²) < 4.78 is 5.59. The minimum atomic E-state index is -0.929. The summed E-state index contributed by atoms with van der Waals surface area (Å²) in [4.78, 5) is 25.2. The summed E-state index contributed by atoms with van der Waals surface area (Å²) in [5.41, 5.74) is 10.5. The fraction of sp³-hybridized carbons (Fsp3) is 0.333. The number of amides is 1. The van der Waals surface area contributed by atoms with Gasteiger partial charge in [0, 0.05) is 25.0 Å². The molecular formula is C21H22N2O4. The number of hydrogen-bond donors (Lipinski definition) is 2. The quantitative estimate of drug-likeness (QED) is 0.871. The van der Waals surface area contributed by atoms with Crippen LogP contribution in [0.3, 0.4) is 0 Å². The lowest BCUT2D eigenvalue weighted by Crippen LogP contribution is -2.51. The summed E-state index contributed by atoms with van der Waals surface area (Å²) in [5.74, 6) is -1.59. The summed E-state index contributed by atoms with van der Waals surface area (Å²) in [7, 11) is 0. The maximum absolute atomic E-state index is 12.5. The number of nitrogens with two attached hydrogens (primary N) is 1. The van der Waals surface area contributed by atoms with Crippen molar-refractivity contribution in [1.82, 2.24) is 4.90 Å². The predicted octanol–water partition coefficient (Wildman–Crippen LogP) is 2.67. The van der Waals surface area contributed by atoms with Crippen molar-refractivity contribution in [2.45, 2.75) is 18.4 Å². The molecular weight excluding hydrogens is 344 g/mol. The molecule has 0 saturated carbocycles. The Hall–Kier alpha value is -2.86. The summed E-state index contributed by atoms with van der Waals surface area (Å²) in [6.07, 6.45) is -0.124. The Morgan fingerprint density at radius 2 is 1.63 bits per heavy atom. The van der Waals surface area contributed by atoms with Crippen molar-refractivity contribution in [3.63, 3.8) is 0 Å². The maximum Gasteiger partial charge on any atom is 0.409 e. The fourth-order valence-corrected chi connectivity index (χ4v) is 4.15. The van der Waals surface area contributed by atoms with Crippen LogP contribution in [0.1, 0.15) is 23.5 Å². The van der Waals surface area contributed by atoms with Crippen LogP contribution in [0.15, 0.2) is 48.5 Å². The maximum atomic E-state index is 12.5. The highest BCUT2D eigenvalue weighted by Gasteiger charge is 2.34. The highest BCUT2D eigenvalue weighted by Crippen LogP contribution is 2.44. The van der Waals surface area contributed by atoms with Gasteiger partial charge < -0.3 is 20.5 Å². The molecule has 6 nitrogen and oxygen atoms in total. The van der Waals surface area contributed by atoms with Crippen molar-refractivity contribution in [3.05, 3.63) is 59.7 Å². The number of rotatable bonds is 3. The first-order valence-corrected chi connectivity index (χ1v) is 9.13. The van der Waals surface area contributed by atoms with Gasteiger partial charge in [-0.05, 0) is 28.7 Å². The van der Waals surface area contributed by atoms with Gasteiger partial charge >= 0.3 is 12.1 Å². The second-order valence-electron chi connectivity index (χ2n) is 7.24. The van der Waals surface area contributed by atoms with Gasteiger partial charge in [-0.1, -0.05) is 48.5 Å². The molecule has 27 heavy (non-hydrogen) atoms. The first-order chi connectivity index (χ1) is 13.0. The lowest BCUT2D eigenvalue weighted by Gasteiger charge is -2.33. The van der Waals surface area contributed by atoms with Gasteiger partial charge in [-0.25, -0.2) is 4.79 Å². The number of piperidine rings is 1. The number of likely N-dealkylation sites (tertiary alicyclic amines) is 1. The smallest absolute Gasteiger partial charge is 0.409 e. The molecule has 3 N–H and O–H groups in total. The second kappa shape index (κ2) is 7.04. The SMILES string of the molecule is NC1CC(C(=O)O)CN(C(=O)OCC2c3ccccc3-c3ccccc32)C1. The van der Waals surface area contributed by atoms with E-state index in [1.807, 2.05) is 24.3 Å². The van der Waals surface area contributed by atoms with Crippen LogP contribution >= 0.6 is 0 Å². The molecule has 2 aliphatic rings. The molecule has 2 aromatic carbocycles. The van der Waals surface area contributed by atoms with E-state index in [2.05, 4.69) is 24.3 Å². The number of carboxylic acids is 1. The van der Waals surface area contributed by atoms with Gasteiger partial charge in [-0.15, -0.1) is 0 Å². The van der Waals surface area contributed by atoms with Crippen LogP contribution in [0.4, 0.5) is 4.79 Å². The van der Waals surface area contributed by atoms with Gasteiger partial charge in [-0.2, -0.15) is 0 Å². The average molecular weight is 366 g/mol. The second-order valence-corrected chi connectivity index (χ2v) is 7.24. The van der Waals surface area contributed by atoms with E-state index < -0.39 is 18.0 Å². The molecule has 1 amide bonds. The van der Waals surface area contributed by atoms with Gasteiger partial charge in [0.25, 0.3) is 0 Å². The number of nitrogens with zero attached hydrogens (tertiary/aromatic N) is 1. The standard InChI is InChI=1S/C21H22N2O4/c22-14-9-13(20(24)25)10-23(11-14)21(26)27-12-19-17-7-3-1-5-15(17)16-6-2-4-8-18(16)19/h1-8,13-14,19H,9-12,22H2,(H,24,25). The Kier molecular flexibility index (Phi) is 4.58. The Bertz CT molecular complexity index is 836. The predicted molar refractivity (Wildman–Crippen MR) is 100 cm³/mol. The zero-order valence-electron chi connectivity index (χ0n) is 14.9. The third-order valence-electron chi connectivity index (χ3n) is 5.43. The topological polar surface area (TPSA) is 92.9 Å². The molecule has 1 heterocycles. The van der Waals surface area contributed by atoms with Crippen molar-refractivity contribution in [2.24, 2.45) is 11.7 Å². The van der Waals surface area contributed by atoms with Crippen molar-refractivity contribution < 1.29 is 19.4 Å². The van der Waals surface area contributed by atoms with Gasteiger partial charge in [-0.3, -0.25) is 4.79 Å².